The van der Waals surface area contributed by atoms with Gasteiger partial charge in [0.2, 0.25) is 0 Å². The van der Waals surface area contributed by atoms with Crippen LogP contribution in [-0.4, -0.2) is 0 Å². The first-order valence-corrected chi connectivity index (χ1v) is 16.5. The standard InChI is InChI=1S/C42H39P/c1-30-18-6-11-23-35(30)42(36-24-12-7-19-31(36)2,37-25-13-8-20-32(37)3)38-26-14-17-29-41(38)43(39-27-15-9-21-33(39)4)40-28-16-10-22-34(40)5/h6-29H,1-5H3. The molecule has 0 radical (unpaired) electrons. The Morgan fingerprint density at radius 3 is 0.930 bits per heavy atom. The number of benzene rings is 6. The van der Waals surface area contributed by atoms with Crippen LogP contribution in [0.15, 0.2) is 146 Å². The SMILES string of the molecule is Cc1ccccc1P(c1ccccc1C)c1ccccc1C(c1ccccc1C)(c1ccccc1C)c1ccccc1C. The highest BCUT2D eigenvalue weighted by atomic mass is 31.1. The lowest BCUT2D eigenvalue weighted by atomic mass is 9.62. The third-order valence-electron chi connectivity index (χ3n) is 8.91. The van der Waals surface area contributed by atoms with Crippen LogP contribution in [0.1, 0.15) is 50.1 Å². The van der Waals surface area contributed by atoms with Crippen LogP contribution in [0.5, 0.6) is 0 Å². The molecular weight excluding hydrogens is 535 g/mol. The van der Waals surface area contributed by atoms with Crippen LogP contribution >= 0.6 is 7.92 Å². The molecule has 0 heterocycles. The average Bonchev–Trinajstić information content (AvgIpc) is 3.02. The van der Waals surface area contributed by atoms with E-state index in [1.807, 2.05) is 0 Å². The van der Waals surface area contributed by atoms with Crippen LogP contribution in [0, 0.1) is 34.6 Å². The summed E-state index contributed by atoms with van der Waals surface area (Å²) >= 11 is 0. The van der Waals surface area contributed by atoms with Crippen molar-refractivity contribution in [1.82, 2.24) is 0 Å². The molecule has 0 saturated carbocycles. The Morgan fingerprint density at radius 2 is 0.581 bits per heavy atom. The quantitative estimate of drug-likeness (QED) is 0.132. The third kappa shape index (κ3) is 5.05. The van der Waals surface area contributed by atoms with Gasteiger partial charge in [-0.2, -0.15) is 0 Å². The predicted octanol–water partition coefficient (Wildman–Crippen LogP) is 9.37. The summed E-state index contributed by atoms with van der Waals surface area (Å²) in [5.41, 5.74) is 11.4. The summed E-state index contributed by atoms with van der Waals surface area (Å²) in [6, 6.07) is 54.3. The Morgan fingerprint density at radius 1 is 0.302 bits per heavy atom. The van der Waals surface area contributed by atoms with E-state index in [2.05, 4.69) is 180 Å². The highest BCUT2D eigenvalue weighted by Gasteiger charge is 2.43. The van der Waals surface area contributed by atoms with Gasteiger partial charge in [-0.3, -0.25) is 0 Å². The number of hydrogen-bond donors (Lipinski definition) is 0. The van der Waals surface area contributed by atoms with Crippen molar-refractivity contribution in [3.63, 3.8) is 0 Å². The lowest BCUT2D eigenvalue weighted by molar-refractivity contribution is 0.731. The zero-order chi connectivity index (χ0) is 30.0. The van der Waals surface area contributed by atoms with Gasteiger partial charge in [-0.15, -0.1) is 0 Å². The summed E-state index contributed by atoms with van der Waals surface area (Å²) in [6.07, 6.45) is 0. The van der Waals surface area contributed by atoms with Crippen molar-refractivity contribution in [2.75, 3.05) is 0 Å². The lowest BCUT2D eigenvalue weighted by Gasteiger charge is -2.42. The molecule has 0 amide bonds. The molecule has 0 aliphatic heterocycles. The van der Waals surface area contributed by atoms with Crippen LogP contribution in [0.4, 0.5) is 0 Å². The Bertz CT molecular complexity index is 1740. The minimum absolute atomic E-state index is 0.523. The van der Waals surface area contributed by atoms with Gasteiger partial charge in [0.15, 0.2) is 0 Å². The Hall–Kier alpha value is -4.25. The maximum absolute atomic E-state index is 2.41. The molecule has 212 valence electrons. The van der Waals surface area contributed by atoms with Crippen LogP contribution in [0.3, 0.4) is 0 Å². The molecule has 0 fully saturated rings. The molecule has 0 atom stereocenters. The van der Waals surface area contributed by atoms with Crippen molar-refractivity contribution >= 4 is 23.8 Å². The molecule has 0 nitrogen and oxygen atoms in total. The molecule has 6 aromatic rings. The van der Waals surface area contributed by atoms with Crippen molar-refractivity contribution < 1.29 is 0 Å². The van der Waals surface area contributed by atoms with Gasteiger partial charge in [0.25, 0.3) is 0 Å². The van der Waals surface area contributed by atoms with Gasteiger partial charge in [0.05, 0.1) is 5.41 Å². The first-order valence-electron chi connectivity index (χ1n) is 15.1. The lowest BCUT2D eigenvalue weighted by Crippen LogP contribution is -2.39. The van der Waals surface area contributed by atoms with E-state index >= 15 is 0 Å². The van der Waals surface area contributed by atoms with E-state index in [-0.39, 0.29) is 0 Å². The van der Waals surface area contributed by atoms with E-state index in [1.165, 1.54) is 66.0 Å². The summed E-state index contributed by atoms with van der Waals surface area (Å²) < 4.78 is 0. The van der Waals surface area contributed by atoms with Crippen LogP contribution < -0.4 is 15.9 Å². The molecule has 6 aromatic carbocycles. The highest BCUT2D eigenvalue weighted by Crippen LogP contribution is 2.50. The summed E-state index contributed by atoms with van der Waals surface area (Å²) in [6.45, 7) is 11.4. The van der Waals surface area contributed by atoms with Gasteiger partial charge in [0, 0.05) is 0 Å². The maximum atomic E-state index is 2.41. The molecule has 0 aliphatic carbocycles. The van der Waals surface area contributed by atoms with Gasteiger partial charge in [-0.05, 0) is 109 Å². The number of aryl methyl sites for hydroxylation is 5. The molecule has 0 saturated heterocycles. The number of rotatable bonds is 7. The van der Waals surface area contributed by atoms with E-state index in [4.69, 9.17) is 0 Å². The zero-order valence-electron chi connectivity index (χ0n) is 25.8. The van der Waals surface area contributed by atoms with E-state index in [0.717, 1.165) is 0 Å². The monoisotopic (exact) mass is 574 g/mol. The van der Waals surface area contributed by atoms with Crippen LogP contribution in [0.2, 0.25) is 0 Å². The zero-order valence-corrected chi connectivity index (χ0v) is 26.7. The summed E-state index contributed by atoms with van der Waals surface area (Å²) in [5.74, 6) is 0. The summed E-state index contributed by atoms with van der Waals surface area (Å²) in [4.78, 5) is 0. The predicted molar refractivity (Wildman–Crippen MR) is 187 cm³/mol. The van der Waals surface area contributed by atoms with Gasteiger partial charge >= 0.3 is 0 Å². The fraction of sp³-hybridized carbons (Fsp3) is 0.143. The van der Waals surface area contributed by atoms with Crippen LogP contribution in [-0.2, 0) is 5.41 Å². The minimum atomic E-state index is -0.873. The van der Waals surface area contributed by atoms with Crippen LogP contribution in [0.25, 0.3) is 0 Å². The van der Waals surface area contributed by atoms with E-state index in [9.17, 15) is 0 Å². The Kier molecular flexibility index (Phi) is 8.16. The molecular formula is C42H39P. The molecule has 0 aromatic heterocycles. The summed E-state index contributed by atoms with van der Waals surface area (Å²) in [7, 11) is -0.873. The first-order chi connectivity index (χ1) is 20.9. The van der Waals surface area contributed by atoms with E-state index in [0.29, 0.717) is 0 Å². The maximum Gasteiger partial charge on any atom is 0.0715 e. The second-order valence-corrected chi connectivity index (χ2v) is 13.7. The first kappa shape index (κ1) is 28.9. The van der Waals surface area contributed by atoms with Crippen molar-refractivity contribution in [1.29, 1.82) is 0 Å². The molecule has 1 heteroatoms. The van der Waals surface area contributed by atoms with Crippen molar-refractivity contribution in [3.05, 3.63) is 196 Å². The summed E-state index contributed by atoms with van der Waals surface area (Å²) in [5, 5.41) is 4.22. The van der Waals surface area contributed by atoms with Crippen molar-refractivity contribution in [3.8, 4) is 0 Å². The molecule has 0 bridgehead atoms. The smallest absolute Gasteiger partial charge is 0.0620 e. The van der Waals surface area contributed by atoms with E-state index in [1.54, 1.807) is 0 Å². The fourth-order valence-electron chi connectivity index (χ4n) is 6.86. The molecule has 0 aliphatic rings. The van der Waals surface area contributed by atoms with Crippen molar-refractivity contribution in [2.45, 2.75) is 40.0 Å². The largest absolute Gasteiger partial charge is 0.0715 e. The second-order valence-electron chi connectivity index (χ2n) is 11.6. The Labute approximate surface area is 258 Å². The Balaban J connectivity index is 1.83. The normalized spacial score (nSPS) is 11.6. The van der Waals surface area contributed by atoms with E-state index < -0.39 is 13.3 Å². The van der Waals surface area contributed by atoms with Crippen molar-refractivity contribution in [2.24, 2.45) is 0 Å². The third-order valence-corrected chi connectivity index (χ3v) is 11.7. The average molecular weight is 575 g/mol. The van der Waals surface area contributed by atoms with Gasteiger partial charge in [-0.25, -0.2) is 0 Å². The molecule has 0 N–H and O–H groups in total. The molecule has 43 heavy (non-hydrogen) atoms. The molecule has 6 rings (SSSR count). The minimum Gasteiger partial charge on any atom is -0.0620 e. The molecule has 0 spiro atoms. The van der Waals surface area contributed by atoms with Gasteiger partial charge in [-0.1, -0.05) is 146 Å². The highest BCUT2D eigenvalue weighted by molar-refractivity contribution is 7.80. The van der Waals surface area contributed by atoms with Gasteiger partial charge < -0.3 is 0 Å². The number of hydrogen-bond acceptors (Lipinski definition) is 0. The molecule has 0 unspecified atom stereocenters. The topological polar surface area (TPSA) is 0 Å². The fourth-order valence-corrected chi connectivity index (χ4v) is 9.68. The van der Waals surface area contributed by atoms with Gasteiger partial charge in [0.1, 0.15) is 0 Å². The second kappa shape index (κ2) is 12.2.